The third kappa shape index (κ3) is 3.21. The number of nitrogens with two attached hydrogens (primary N) is 1. The topological polar surface area (TPSA) is 72.0 Å². The number of pyridine rings is 1. The van der Waals surface area contributed by atoms with Crippen molar-refractivity contribution in [3.05, 3.63) is 58.9 Å². The van der Waals surface area contributed by atoms with E-state index in [0.29, 0.717) is 23.1 Å². The Morgan fingerprint density at radius 2 is 2.17 bits per heavy atom. The Bertz CT molecular complexity index is 572. The van der Waals surface area contributed by atoms with Gasteiger partial charge in [0, 0.05) is 17.3 Å². The van der Waals surface area contributed by atoms with Crippen LogP contribution in [-0.2, 0) is 6.61 Å². The van der Waals surface area contributed by atoms with Gasteiger partial charge in [-0.3, -0.25) is 10.4 Å². The van der Waals surface area contributed by atoms with Crippen LogP contribution in [0.4, 0.5) is 0 Å². The second-order valence-corrected chi connectivity index (χ2v) is 4.15. The summed E-state index contributed by atoms with van der Waals surface area (Å²) >= 11 is 5.88. The van der Waals surface area contributed by atoms with Crippen LogP contribution in [0.25, 0.3) is 0 Å². The molecule has 0 saturated heterocycles. The van der Waals surface area contributed by atoms with Gasteiger partial charge in [0.05, 0.1) is 0 Å². The third-order valence-corrected chi connectivity index (χ3v) is 2.54. The van der Waals surface area contributed by atoms with E-state index in [2.05, 4.69) is 4.98 Å². The fourth-order valence-corrected chi connectivity index (χ4v) is 1.65. The number of ether oxygens (including phenoxy) is 1. The van der Waals surface area contributed by atoms with Gasteiger partial charge in [0.25, 0.3) is 0 Å². The van der Waals surface area contributed by atoms with Crippen LogP contribution in [0.2, 0.25) is 5.02 Å². The highest BCUT2D eigenvalue weighted by Gasteiger charge is 2.01. The second kappa shape index (κ2) is 5.51. The summed E-state index contributed by atoms with van der Waals surface area (Å²) in [6, 6.07) is 10.8. The minimum atomic E-state index is -0.0804. The minimum Gasteiger partial charge on any atom is -0.489 e. The Hall–Kier alpha value is -2.07. The first-order valence-corrected chi connectivity index (χ1v) is 5.70. The molecule has 0 fully saturated rings. The fourth-order valence-electron chi connectivity index (χ4n) is 1.44. The lowest BCUT2D eigenvalue weighted by molar-refractivity contribution is 0.306. The molecule has 2 rings (SSSR count). The molecule has 0 atom stereocenters. The van der Waals surface area contributed by atoms with E-state index in [0.717, 1.165) is 5.56 Å². The molecular weight excluding hydrogens is 250 g/mol. The van der Waals surface area contributed by atoms with Crippen LogP contribution in [0.3, 0.4) is 0 Å². The van der Waals surface area contributed by atoms with Crippen LogP contribution in [0.1, 0.15) is 11.3 Å². The maximum atomic E-state index is 7.30. The molecule has 0 amide bonds. The monoisotopic (exact) mass is 261 g/mol. The SMILES string of the molecule is N=C(N)c1cc(OCc2cccc(Cl)c2)ccn1. The molecule has 18 heavy (non-hydrogen) atoms. The summed E-state index contributed by atoms with van der Waals surface area (Å²) in [5.41, 5.74) is 6.73. The van der Waals surface area contributed by atoms with Crippen LogP contribution in [-0.4, -0.2) is 10.8 Å². The molecule has 0 aliphatic carbocycles. The number of nitrogen functional groups attached to an aromatic ring is 1. The molecule has 0 saturated carbocycles. The van der Waals surface area contributed by atoms with Crippen molar-refractivity contribution in [1.82, 2.24) is 4.98 Å². The molecule has 0 radical (unpaired) electrons. The predicted molar refractivity (Wildman–Crippen MR) is 71.0 cm³/mol. The molecule has 2 aromatic rings. The molecule has 0 unspecified atom stereocenters. The van der Waals surface area contributed by atoms with E-state index in [-0.39, 0.29) is 5.84 Å². The first-order chi connectivity index (χ1) is 8.65. The maximum Gasteiger partial charge on any atom is 0.141 e. The number of amidine groups is 1. The number of benzene rings is 1. The zero-order valence-corrected chi connectivity index (χ0v) is 10.3. The average Bonchev–Trinajstić information content (AvgIpc) is 2.37. The van der Waals surface area contributed by atoms with E-state index in [1.165, 1.54) is 0 Å². The highest BCUT2D eigenvalue weighted by molar-refractivity contribution is 6.30. The second-order valence-electron chi connectivity index (χ2n) is 3.71. The van der Waals surface area contributed by atoms with Crippen LogP contribution in [0.15, 0.2) is 42.6 Å². The average molecular weight is 262 g/mol. The van der Waals surface area contributed by atoms with E-state index in [4.69, 9.17) is 27.5 Å². The Balaban J connectivity index is 2.06. The first-order valence-electron chi connectivity index (χ1n) is 5.33. The van der Waals surface area contributed by atoms with Crippen molar-refractivity contribution in [2.24, 2.45) is 5.73 Å². The van der Waals surface area contributed by atoms with Gasteiger partial charge >= 0.3 is 0 Å². The Labute approximate surface area is 110 Å². The van der Waals surface area contributed by atoms with Gasteiger partial charge in [0.1, 0.15) is 23.9 Å². The molecule has 92 valence electrons. The number of nitrogens with zero attached hydrogens (tertiary/aromatic N) is 1. The van der Waals surface area contributed by atoms with Gasteiger partial charge in [-0.05, 0) is 23.8 Å². The standard InChI is InChI=1S/C13H12ClN3O/c14-10-3-1-2-9(6-10)8-18-11-4-5-17-12(7-11)13(15)16/h1-7H,8H2,(H3,15,16). The largest absolute Gasteiger partial charge is 0.489 e. The Kier molecular flexibility index (Phi) is 3.79. The van der Waals surface area contributed by atoms with Crippen molar-refractivity contribution in [1.29, 1.82) is 5.41 Å². The van der Waals surface area contributed by atoms with E-state index < -0.39 is 0 Å². The van der Waals surface area contributed by atoms with E-state index in [1.807, 2.05) is 24.3 Å². The summed E-state index contributed by atoms with van der Waals surface area (Å²) in [5, 5.41) is 7.97. The van der Waals surface area contributed by atoms with Gasteiger partial charge < -0.3 is 10.5 Å². The van der Waals surface area contributed by atoms with Gasteiger partial charge in [-0.1, -0.05) is 23.7 Å². The lowest BCUT2D eigenvalue weighted by Gasteiger charge is -2.07. The van der Waals surface area contributed by atoms with Gasteiger partial charge in [-0.2, -0.15) is 0 Å². The molecule has 0 spiro atoms. The lowest BCUT2D eigenvalue weighted by Crippen LogP contribution is -2.13. The van der Waals surface area contributed by atoms with Gasteiger partial charge in [0.2, 0.25) is 0 Å². The predicted octanol–water partition coefficient (Wildman–Crippen LogP) is 2.60. The van der Waals surface area contributed by atoms with Crippen molar-refractivity contribution in [3.8, 4) is 5.75 Å². The van der Waals surface area contributed by atoms with Crippen LogP contribution < -0.4 is 10.5 Å². The normalized spacial score (nSPS) is 10.1. The lowest BCUT2D eigenvalue weighted by atomic mass is 10.2. The number of rotatable bonds is 4. The highest BCUT2D eigenvalue weighted by Crippen LogP contribution is 2.15. The molecule has 1 aromatic heterocycles. The number of nitrogens with one attached hydrogen (secondary N) is 1. The molecule has 4 nitrogen and oxygen atoms in total. The Morgan fingerprint density at radius 3 is 2.89 bits per heavy atom. The number of halogens is 1. The number of aromatic nitrogens is 1. The van der Waals surface area contributed by atoms with Crippen LogP contribution in [0.5, 0.6) is 5.75 Å². The molecule has 5 heteroatoms. The van der Waals surface area contributed by atoms with Crippen molar-refractivity contribution in [3.63, 3.8) is 0 Å². The number of hydrogen-bond donors (Lipinski definition) is 2. The Morgan fingerprint density at radius 1 is 1.33 bits per heavy atom. The van der Waals surface area contributed by atoms with Gasteiger partial charge in [0.15, 0.2) is 0 Å². The summed E-state index contributed by atoms with van der Waals surface area (Å²) in [4.78, 5) is 3.96. The summed E-state index contributed by atoms with van der Waals surface area (Å²) in [7, 11) is 0. The molecule has 1 aromatic carbocycles. The van der Waals surface area contributed by atoms with Crippen LogP contribution in [0, 0.1) is 5.41 Å². The first kappa shape index (κ1) is 12.4. The smallest absolute Gasteiger partial charge is 0.141 e. The van der Waals surface area contributed by atoms with E-state index in [9.17, 15) is 0 Å². The van der Waals surface area contributed by atoms with E-state index >= 15 is 0 Å². The molecule has 0 aliphatic heterocycles. The summed E-state index contributed by atoms with van der Waals surface area (Å²) < 4.78 is 5.59. The van der Waals surface area contributed by atoms with Gasteiger partial charge in [-0.25, -0.2) is 0 Å². The molecule has 0 bridgehead atoms. The zero-order valence-electron chi connectivity index (χ0n) is 9.56. The van der Waals surface area contributed by atoms with Crippen molar-refractivity contribution in [2.45, 2.75) is 6.61 Å². The number of hydrogen-bond acceptors (Lipinski definition) is 3. The van der Waals surface area contributed by atoms with Crippen molar-refractivity contribution < 1.29 is 4.74 Å². The van der Waals surface area contributed by atoms with Gasteiger partial charge in [-0.15, -0.1) is 0 Å². The molecule has 3 N–H and O–H groups in total. The van der Waals surface area contributed by atoms with E-state index in [1.54, 1.807) is 18.3 Å². The highest BCUT2D eigenvalue weighted by atomic mass is 35.5. The minimum absolute atomic E-state index is 0.0804. The van der Waals surface area contributed by atoms with Crippen LogP contribution >= 0.6 is 11.6 Å². The quantitative estimate of drug-likeness (QED) is 0.656. The molecule has 0 aliphatic rings. The zero-order chi connectivity index (χ0) is 13.0. The molecule has 1 heterocycles. The maximum absolute atomic E-state index is 7.30. The summed E-state index contributed by atoms with van der Waals surface area (Å²) in [5.74, 6) is 0.540. The third-order valence-electron chi connectivity index (χ3n) is 2.30. The van der Waals surface area contributed by atoms with Crippen molar-refractivity contribution >= 4 is 17.4 Å². The summed E-state index contributed by atoms with van der Waals surface area (Å²) in [6.45, 7) is 0.405. The summed E-state index contributed by atoms with van der Waals surface area (Å²) in [6.07, 6.45) is 1.56. The fraction of sp³-hybridized carbons (Fsp3) is 0.0769. The molecular formula is C13H12ClN3O. The van der Waals surface area contributed by atoms with Crippen molar-refractivity contribution in [2.75, 3.05) is 0 Å².